The van der Waals surface area contributed by atoms with Gasteiger partial charge < -0.3 is 10.4 Å². The molecule has 0 radical (unpaired) electrons. The molecule has 1 aromatic carbocycles. The highest BCUT2D eigenvalue weighted by atomic mass is 35.5. The number of nitrogens with one attached hydrogen (secondary N) is 1. The van der Waals surface area contributed by atoms with Crippen LogP contribution in [0.2, 0.25) is 5.15 Å². The van der Waals surface area contributed by atoms with Crippen LogP contribution in [0.1, 0.15) is 11.1 Å². The molecule has 26 heavy (non-hydrogen) atoms. The highest BCUT2D eigenvalue weighted by molar-refractivity contribution is 6.34. The number of nitrogens with zero attached hydrogens (tertiary/aromatic N) is 4. The summed E-state index contributed by atoms with van der Waals surface area (Å²) >= 11 is 6.08. The van der Waals surface area contributed by atoms with Crippen molar-refractivity contribution in [3.63, 3.8) is 0 Å². The van der Waals surface area contributed by atoms with Gasteiger partial charge in [0.1, 0.15) is 17.7 Å². The number of aromatic nitrogens is 3. The molecule has 4 rings (SSSR count). The van der Waals surface area contributed by atoms with Gasteiger partial charge in [-0.2, -0.15) is 0 Å². The first-order valence-electron chi connectivity index (χ1n) is 8.67. The summed E-state index contributed by atoms with van der Waals surface area (Å²) in [6.07, 6.45) is 3.60. The number of rotatable bonds is 5. The van der Waals surface area contributed by atoms with Crippen molar-refractivity contribution in [2.24, 2.45) is 0 Å². The van der Waals surface area contributed by atoms with Gasteiger partial charge in [0.15, 0.2) is 5.15 Å². The van der Waals surface area contributed by atoms with Crippen LogP contribution in [0.4, 0.5) is 5.82 Å². The third-order valence-corrected chi connectivity index (χ3v) is 4.97. The summed E-state index contributed by atoms with van der Waals surface area (Å²) in [6, 6.07) is 10.3. The Morgan fingerprint density at radius 2 is 2.00 bits per heavy atom. The lowest BCUT2D eigenvalue weighted by atomic mass is 10.00. The van der Waals surface area contributed by atoms with Crippen molar-refractivity contribution < 1.29 is 5.11 Å². The highest BCUT2D eigenvalue weighted by Crippen LogP contribution is 2.23. The summed E-state index contributed by atoms with van der Waals surface area (Å²) in [7, 11) is 0. The number of β-amino-alcohol motifs (C(OH)–C–C–N with tert-alkyl or cyclic N) is 1. The lowest BCUT2D eigenvalue weighted by Crippen LogP contribution is -2.39. The van der Waals surface area contributed by atoms with E-state index in [4.69, 9.17) is 11.6 Å². The molecule has 2 N–H and O–H groups in total. The van der Waals surface area contributed by atoms with E-state index in [1.165, 1.54) is 17.5 Å². The molecule has 0 unspecified atom stereocenters. The number of fused-ring (bicyclic) bond motifs is 2. The molecule has 0 aliphatic carbocycles. The maximum absolute atomic E-state index is 10.5. The monoisotopic (exact) mass is 369 g/mol. The van der Waals surface area contributed by atoms with E-state index < -0.39 is 6.10 Å². The van der Waals surface area contributed by atoms with Gasteiger partial charge in [-0.1, -0.05) is 35.9 Å². The molecular formula is C19H20ClN5O. The Morgan fingerprint density at radius 1 is 1.15 bits per heavy atom. The maximum atomic E-state index is 10.5. The van der Waals surface area contributed by atoms with Gasteiger partial charge in [-0.25, -0.2) is 15.0 Å². The fourth-order valence-electron chi connectivity index (χ4n) is 3.38. The normalized spacial score (nSPS) is 15.6. The molecule has 6 nitrogen and oxygen atoms in total. The molecule has 0 spiro atoms. The van der Waals surface area contributed by atoms with E-state index in [0.29, 0.717) is 29.6 Å². The number of anilines is 1. The maximum Gasteiger partial charge on any atom is 0.155 e. The van der Waals surface area contributed by atoms with E-state index in [9.17, 15) is 5.11 Å². The first-order valence-corrected chi connectivity index (χ1v) is 9.05. The summed E-state index contributed by atoms with van der Waals surface area (Å²) in [6.45, 7) is 2.87. The molecule has 0 bridgehead atoms. The number of pyridine rings is 1. The van der Waals surface area contributed by atoms with Crippen molar-refractivity contribution in [1.29, 1.82) is 0 Å². The quantitative estimate of drug-likeness (QED) is 0.673. The van der Waals surface area contributed by atoms with Crippen LogP contribution in [0.3, 0.4) is 0 Å². The van der Waals surface area contributed by atoms with Crippen molar-refractivity contribution >= 4 is 28.3 Å². The Bertz CT molecular complexity index is 919. The zero-order valence-electron chi connectivity index (χ0n) is 14.3. The standard InChI is InChI=1S/C19H20ClN5O/c20-18-17-16(5-7-21-18)19(24-12-23-17)22-9-15(26)11-25-8-6-13-3-1-2-4-14(13)10-25/h1-5,7,12,15,26H,6,8-11H2,(H,22,23,24)/t15-/m1/s1. The Kier molecular flexibility index (Phi) is 4.97. The average Bonchev–Trinajstić information content (AvgIpc) is 2.67. The van der Waals surface area contributed by atoms with E-state index in [1.54, 1.807) is 6.20 Å². The third kappa shape index (κ3) is 3.62. The molecule has 1 atom stereocenters. The van der Waals surface area contributed by atoms with Gasteiger partial charge in [-0.05, 0) is 23.6 Å². The molecular weight excluding hydrogens is 350 g/mol. The number of hydrogen-bond acceptors (Lipinski definition) is 6. The zero-order chi connectivity index (χ0) is 17.9. The third-order valence-electron chi connectivity index (χ3n) is 4.69. The fourth-order valence-corrected chi connectivity index (χ4v) is 3.59. The van der Waals surface area contributed by atoms with Crippen molar-refractivity contribution in [3.8, 4) is 0 Å². The minimum atomic E-state index is -0.498. The lowest BCUT2D eigenvalue weighted by molar-refractivity contribution is 0.114. The Hall–Kier alpha value is -2.28. The highest BCUT2D eigenvalue weighted by Gasteiger charge is 2.18. The first-order chi connectivity index (χ1) is 12.7. The number of aliphatic hydroxyl groups is 1. The summed E-state index contributed by atoms with van der Waals surface area (Å²) in [5.74, 6) is 0.655. The minimum Gasteiger partial charge on any atom is -0.390 e. The molecule has 3 aromatic rings. The minimum absolute atomic E-state index is 0.348. The van der Waals surface area contributed by atoms with Crippen molar-refractivity contribution in [3.05, 3.63) is 59.1 Å². The zero-order valence-corrected chi connectivity index (χ0v) is 15.0. The van der Waals surface area contributed by atoms with Crippen LogP contribution in [0.25, 0.3) is 10.9 Å². The number of halogens is 1. The smallest absolute Gasteiger partial charge is 0.155 e. The van der Waals surface area contributed by atoms with E-state index >= 15 is 0 Å². The molecule has 0 fully saturated rings. The molecule has 7 heteroatoms. The van der Waals surface area contributed by atoms with Crippen LogP contribution in [0.15, 0.2) is 42.9 Å². The molecule has 134 valence electrons. The molecule has 0 amide bonds. The topological polar surface area (TPSA) is 74.2 Å². The summed E-state index contributed by atoms with van der Waals surface area (Å²) in [5, 5.41) is 14.8. The second kappa shape index (κ2) is 7.53. The van der Waals surface area contributed by atoms with Gasteiger partial charge in [-0.15, -0.1) is 0 Å². The summed E-state index contributed by atoms with van der Waals surface area (Å²) < 4.78 is 0. The second-order valence-corrected chi connectivity index (χ2v) is 6.87. The van der Waals surface area contributed by atoms with Crippen molar-refractivity contribution in [2.45, 2.75) is 19.1 Å². The fraction of sp³-hybridized carbons (Fsp3) is 0.316. The van der Waals surface area contributed by atoms with Gasteiger partial charge in [0.05, 0.1) is 6.10 Å². The molecule has 2 aromatic heterocycles. The Labute approximate surface area is 156 Å². The van der Waals surface area contributed by atoms with Gasteiger partial charge in [-0.3, -0.25) is 4.90 Å². The molecule has 1 aliphatic heterocycles. The van der Waals surface area contributed by atoms with Gasteiger partial charge in [0.2, 0.25) is 0 Å². The summed E-state index contributed by atoms with van der Waals surface area (Å²) in [4.78, 5) is 14.7. The predicted molar refractivity (Wildman–Crippen MR) is 102 cm³/mol. The lowest BCUT2D eigenvalue weighted by Gasteiger charge is -2.30. The van der Waals surface area contributed by atoms with Gasteiger partial charge >= 0.3 is 0 Å². The Morgan fingerprint density at radius 3 is 2.88 bits per heavy atom. The number of aliphatic hydroxyl groups excluding tert-OH is 1. The number of benzene rings is 1. The average molecular weight is 370 g/mol. The number of hydrogen-bond donors (Lipinski definition) is 2. The van der Waals surface area contributed by atoms with Crippen LogP contribution in [-0.4, -0.2) is 50.7 Å². The van der Waals surface area contributed by atoms with E-state index in [0.717, 1.165) is 24.9 Å². The predicted octanol–water partition coefficient (Wildman–Crippen LogP) is 2.51. The van der Waals surface area contributed by atoms with Gasteiger partial charge in [0.25, 0.3) is 0 Å². The summed E-state index contributed by atoms with van der Waals surface area (Å²) in [5.41, 5.74) is 3.37. The second-order valence-electron chi connectivity index (χ2n) is 6.51. The van der Waals surface area contributed by atoms with Crippen molar-refractivity contribution in [2.75, 3.05) is 25.0 Å². The molecule has 0 saturated carbocycles. The molecule has 1 aliphatic rings. The van der Waals surface area contributed by atoms with E-state index in [1.807, 2.05) is 6.07 Å². The van der Waals surface area contributed by atoms with Crippen LogP contribution < -0.4 is 5.32 Å². The van der Waals surface area contributed by atoms with Crippen LogP contribution >= 0.6 is 11.6 Å². The van der Waals surface area contributed by atoms with E-state index in [-0.39, 0.29) is 0 Å². The van der Waals surface area contributed by atoms with Crippen LogP contribution in [0, 0.1) is 0 Å². The SMILES string of the molecule is O[C@H](CNc1ncnc2c(Cl)nccc12)CN1CCc2ccccc2C1. The molecule has 0 saturated heterocycles. The van der Waals surface area contributed by atoms with E-state index in [2.05, 4.69) is 49.4 Å². The van der Waals surface area contributed by atoms with Crippen LogP contribution in [0.5, 0.6) is 0 Å². The van der Waals surface area contributed by atoms with Crippen LogP contribution in [-0.2, 0) is 13.0 Å². The van der Waals surface area contributed by atoms with Crippen molar-refractivity contribution in [1.82, 2.24) is 19.9 Å². The van der Waals surface area contributed by atoms with Gasteiger partial charge in [0, 0.05) is 37.8 Å². The Balaban J connectivity index is 1.38. The first kappa shape index (κ1) is 17.1. The largest absolute Gasteiger partial charge is 0.390 e. The molecule has 3 heterocycles.